The Morgan fingerprint density at radius 2 is 1.94 bits per heavy atom. The maximum atomic E-state index is 13.4. The van der Waals surface area contributed by atoms with E-state index in [1.807, 2.05) is 0 Å². The van der Waals surface area contributed by atoms with Gasteiger partial charge >= 0.3 is 6.18 Å². The molecule has 0 fully saturated rings. The largest absolute Gasteiger partial charge is 0.416 e. The normalized spacial score (nSPS) is 11.8. The number of nitrogens with zero attached hydrogens (tertiary/aromatic N) is 1. The second-order valence-corrected chi connectivity index (χ2v) is 3.61. The van der Waals surface area contributed by atoms with E-state index >= 15 is 0 Å². The van der Waals surface area contributed by atoms with Crippen LogP contribution in [-0.2, 0) is 6.18 Å². The van der Waals surface area contributed by atoms with Crippen molar-refractivity contribution >= 4 is 0 Å². The van der Waals surface area contributed by atoms with Crippen LogP contribution in [0.4, 0.5) is 17.6 Å². The summed E-state index contributed by atoms with van der Waals surface area (Å²) >= 11 is 0. The molecule has 2 aromatic rings. The maximum Gasteiger partial charge on any atom is 0.416 e. The van der Waals surface area contributed by atoms with E-state index in [0.29, 0.717) is 11.8 Å². The van der Waals surface area contributed by atoms with Crippen LogP contribution in [-0.4, -0.2) is 9.97 Å². The monoisotopic (exact) mass is 244 g/mol. The summed E-state index contributed by atoms with van der Waals surface area (Å²) in [6.07, 6.45) is -3.07. The molecule has 2 rings (SSSR count). The van der Waals surface area contributed by atoms with Crippen molar-refractivity contribution in [2.24, 2.45) is 0 Å². The molecule has 1 N–H and O–H groups in total. The predicted molar refractivity (Wildman–Crippen MR) is 53.7 cm³/mol. The lowest BCUT2D eigenvalue weighted by atomic mass is 10.1. The highest BCUT2D eigenvalue weighted by Gasteiger charge is 2.31. The number of halogens is 4. The van der Waals surface area contributed by atoms with Gasteiger partial charge in [-0.25, -0.2) is 9.37 Å². The first-order valence-corrected chi connectivity index (χ1v) is 4.76. The van der Waals surface area contributed by atoms with Gasteiger partial charge in [-0.05, 0) is 25.1 Å². The Morgan fingerprint density at radius 1 is 1.24 bits per heavy atom. The number of aryl methyl sites for hydroxylation is 1. The van der Waals surface area contributed by atoms with E-state index in [4.69, 9.17) is 0 Å². The molecule has 0 aliphatic carbocycles. The smallest absolute Gasteiger partial charge is 0.342 e. The summed E-state index contributed by atoms with van der Waals surface area (Å²) in [5.41, 5.74) is -0.437. The molecule has 0 aliphatic rings. The van der Waals surface area contributed by atoms with Gasteiger partial charge in [0.05, 0.1) is 11.1 Å². The lowest BCUT2D eigenvalue weighted by molar-refractivity contribution is -0.137. The van der Waals surface area contributed by atoms with Gasteiger partial charge in [0.1, 0.15) is 11.6 Å². The Bertz CT molecular complexity index is 543. The molecule has 0 aliphatic heterocycles. The molecule has 0 amide bonds. The molecule has 0 saturated carbocycles. The molecular formula is C11H8F4N2. The van der Waals surface area contributed by atoms with Gasteiger partial charge in [0.25, 0.3) is 0 Å². The highest BCUT2D eigenvalue weighted by atomic mass is 19.4. The van der Waals surface area contributed by atoms with Crippen molar-refractivity contribution in [3.8, 4) is 11.4 Å². The second-order valence-electron chi connectivity index (χ2n) is 3.61. The van der Waals surface area contributed by atoms with Gasteiger partial charge < -0.3 is 4.98 Å². The number of nitrogens with one attached hydrogen (secondary N) is 1. The number of hydrogen-bond acceptors (Lipinski definition) is 1. The van der Waals surface area contributed by atoms with Crippen molar-refractivity contribution in [2.45, 2.75) is 13.1 Å². The van der Waals surface area contributed by atoms with Crippen LogP contribution in [0.2, 0.25) is 0 Å². The first kappa shape index (κ1) is 11.6. The summed E-state index contributed by atoms with van der Waals surface area (Å²) in [7, 11) is 0. The average molecular weight is 244 g/mol. The third kappa shape index (κ3) is 2.30. The number of hydrogen-bond donors (Lipinski definition) is 1. The van der Waals surface area contributed by atoms with Gasteiger partial charge in [-0.2, -0.15) is 13.2 Å². The minimum Gasteiger partial charge on any atom is -0.342 e. The van der Waals surface area contributed by atoms with E-state index in [-0.39, 0.29) is 11.4 Å². The van der Waals surface area contributed by atoms with Gasteiger partial charge in [-0.3, -0.25) is 0 Å². The Balaban J connectivity index is 2.54. The van der Waals surface area contributed by atoms with Crippen molar-refractivity contribution in [3.05, 3.63) is 41.5 Å². The SMILES string of the molecule is Cc1cnc(-c2cc(C(F)(F)F)ccc2F)[nH]1. The highest BCUT2D eigenvalue weighted by molar-refractivity contribution is 5.57. The Labute approximate surface area is 94.3 Å². The molecule has 1 heterocycles. The quantitative estimate of drug-likeness (QED) is 0.763. The number of alkyl halides is 3. The summed E-state index contributed by atoms with van der Waals surface area (Å²) in [4.78, 5) is 6.50. The van der Waals surface area contributed by atoms with Gasteiger partial charge in [-0.1, -0.05) is 0 Å². The fraction of sp³-hybridized carbons (Fsp3) is 0.182. The third-order valence-electron chi connectivity index (χ3n) is 2.25. The topological polar surface area (TPSA) is 28.7 Å². The average Bonchev–Trinajstić information content (AvgIpc) is 2.63. The van der Waals surface area contributed by atoms with Crippen molar-refractivity contribution in [1.29, 1.82) is 0 Å². The standard InChI is InChI=1S/C11H8F4N2/c1-6-5-16-10(17-6)8-4-7(11(13,14)15)2-3-9(8)12/h2-5H,1H3,(H,16,17). The first-order chi connectivity index (χ1) is 7.88. The molecular weight excluding hydrogens is 236 g/mol. The van der Waals surface area contributed by atoms with Crippen LogP contribution in [0.5, 0.6) is 0 Å². The lowest BCUT2D eigenvalue weighted by Gasteiger charge is -2.08. The van der Waals surface area contributed by atoms with E-state index in [1.54, 1.807) is 6.92 Å². The molecule has 0 bridgehead atoms. The molecule has 0 unspecified atom stereocenters. The van der Waals surface area contributed by atoms with Crippen molar-refractivity contribution in [2.75, 3.05) is 0 Å². The van der Waals surface area contributed by atoms with Crippen LogP contribution in [0.25, 0.3) is 11.4 Å². The minimum atomic E-state index is -4.50. The Kier molecular flexibility index (Phi) is 2.65. The van der Waals surface area contributed by atoms with Gasteiger partial charge in [-0.15, -0.1) is 0 Å². The van der Waals surface area contributed by atoms with E-state index in [2.05, 4.69) is 9.97 Å². The molecule has 2 nitrogen and oxygen atoms in total. The van der Waals surface area contributed by atoms with Crippen LogP contribution in [0.3, 0.4) is 0 Å². The lowest BCUT2D eigenvalue weighted by Crippen LogP contribution is -2.05. The zero-order chi connectivity index (χ0) is 12.6. The third-order valence-corrected chi connectivity index (χ3v) is 2.25. The van der Waals surface area contributed by atoms with Gasteiger partial charge in [0.15, 0.2) is 0 Å². The molecule has 6 heteroatoms. The Morgan fingerprint density at radius 3 is 2.47 bits per heavy atom. The highest BCUT2D eigenvalue weighted by Crippen LogP contribution is 2.32. The molecule has 0 atom stereocenters. The molecule has 17 heavy (non-hydrogen) atoms. The Hall–Kier alpha value is -1.85. The summed E-state index contributed by atoms with van der Waals surface area (Å²) in [6.45, 7) is 1.68. The number of rotatable bonds is 1. The number of benzene rings is 1. The maximum absolute atomic E-state index is 13.4. The summed E-state index contributed by atoms with van der Waals surface area (Å²) in [5, 5.41) is 0. The van der Waals surface area contributed by atoms with Crippen LogP contribution in [0.1, 0.15) is 11.3 Å². The summed E-state index contributed by atoms with van der Waals surface area (Å²) < 4.78 is 50.8. The number of aromatic amines is 1. The fourth-order valence-corrected chi connectivity index (χ4v) is 1.43. The number of H-pyrrole nitrogens is 1. The predicted octanol–water partition coefficient (Wildman–Crippen LogP) is 3.54. The van der Waals surface area contributed by atoms with E-state index < -0.39 is 17.6 Å². The van der Waals surface area contributed by atoms with Crippen LogP contribution in [0, 0.1) is 12.7 Å². The number of imidazole rings is 1. The van der Waals surface area contributed by atoms with Crippen molar-refractivity contribution < 1.29 is 17.6 Å². The van der Waals surface area contributed by atoms with Crippen molar-refractivity contribution in [1.82, 2.24) is 9.97 Å². The number of aromatic nitrogens is 2. The minimum absolute atomic E-state index is 0.0890. The molecule has 0 spiro atoms. The van der Waals surface area contributed by atoms with Crippen LogP contribution >= 0.6 is 0 Å². The van der Waals surface area contributed by atoms with Gasteiger partial charge in [0, 0.05) is 11.9 Å². The fourth-order valence-electron chi connectivity index (χ4n) is 1.43. The molecule has 0 saturated heterocycles. The zero-order valence-corrected chi connectivity index (χ0v) is 8.77. The zero-order valence-electron chi connectivity index (χ0n) is 8.77. The van der Waals surface area contributed by atoms with Gasteiger partial charge in [0.2, 0.25) is 0 Å². The summed E-state index contributed by atoms with van der Waals surface area (Å²) in [5.74, 6) is -0.654. The second kappa shape index (κ2) is 3.87. The van der Waals surface area contributed by atoms with E-state index in [0.717, 1.165) is 12.1 Å². The molecule has 0 radical (unpaired) electrons. The van der Waals surface area contributed by atoms with Crippen LogP contribution < -0.4 is 0 Å². The summed E-state index contributed by atoms with van der Waals surface area (Å²) in [6, 6.07) is 2.23. The first-order valence-electron chi connectivity index (χ1n) is 4.76. The van der Waals surface area contributed by atoms with E-state index in [1.165, 1.54) is 6.20 Å². The van der Waals surface area contributed by atoms with Crippen LogP contribution in [0.15, 0.2) is 24.4 Å². The molecule has 1 aromatic carbocycles. The molecule has 1 aromatic heterocycles. The van der Waals surface area contributed by atoms with Crippen molar-refractivity contribution in [3.63, 3.8) is 0 Å². The van der Waals surface area contributed by atoms with E-state index in [9.17, 15) is 17.6 Å². The molecule has 90 valence electrons.